The third-order valence-corrected chi connectivity index (χ3v) is 5.55. The molecule has 0 unspecified atom stereocenters. The van der Waals surface area contributed by atoms with Gasteiger partial charge < -0.3 is 10.2 Å². The maximum absolute atomic E-state index is 12.7. The van der Waals surface area contributed by atoms with Crippen LogP contribution in [0.25, 0.3) is 10.8 Å². The van der Waals surface area contributed by atoms with E-state index >= 15 is 0 Å². The normalized spacial score (nSPS) is 11.0. The number of halogens is 1. The highest BCUT2D eigenvalue weighted by atomic mass is 35.5. The van der Waals surface area contributed by atoms with Crippen molar-refractivity contribution in [2.24, 2.45) is 0 Å². The molecule has 0 saturated carbocycles. The zero-order chi connectivity index (χ0) is 22.7. The van der Waals surface area contributed by atoms with E-state index in [9.17, 15) is 4.79 Å². The first-order valence-electron chi connectivity index (χ1n) is 10.5. The molecular weight excluding hydrogens is 420 g/mol. The Balaban J connectivity index is 1.45. The topological polar surface area (TPSA) is 58.1 Å². The largest absolute Gasteiger partial charge is 0.357 e. The number of rotatable bonds is 6. The molecule has 0 spiro atoms. The smallest absolute Gasteiger partial charge is 0.255 e. The molecule has 0 aliphatic carbocycles. The number of nitrogens with zero attached hydrogens (tertiary/aromatic N) is 3. The number of hydrogen-bond donors (Lipinski definition) is 1. The molecule has 0 bridgehead atoms. The highest BCUT2D eigenvalue weighted by molar-refractivity contribution is 6.29. The highest BCUT2D eigenvalue weighted by Crippen LogP contribution is 2.20. The van der Waals surface area contributed by atoms with Gasteiger partial charge in [-0.15, -0.1) is 0 Å². The van der Waals surface area contributed by atoms with Crippen LogP contribution >= 0.6 is 11.6 Å². The van der Waals surface area contributed by atoms with Gasteiger partial charge in [-0.05, 0) is 54.4 Å². The van der Waals surface area contributed by atoms with E-state index in [2.05, 4.69) is 35.2 Å². The van der Waals surface area contributed by atoms with Crippen molar-refractivity contribution in [3.63, 3.8) is 0 Å². The van der Waals surface area contributed by atoms with Crippen LogP contribution in [0.3, 0.4) is 0 Å². The van der Waals surface area contributed by atoms with Gasteiger partial charge in [0.25, 0.3) is 5.91 Å². The highest BCUT2D eigenvalue weighted by Gasteiger charge is 2.12. The number of aromatic nitrogens is 2. The van der Waals surface area contributed by atoms with Crippen molar-refractivity contribution in [2.75, 3.05) is 17.3 Å². The number of carbonyl (C=O) groups excluding carboxylic acids is 1. The molecule has 1 N–H and O–H groups in total. The number of amides is 1. The molecule has 4 aromatic rings. The van der Waals surface area contributed by atoms with Crippen molar-refractivity contribution in [3.8, 4) is 0 Å². The Hall–Kier alpha value is -3.44. The van der Waals surface area contributed by atoms with Gasteiger partial charge in [0.1, 0.15) is 16.8 Å². The van der Waals surface area contributed by atoms with Crippen LogP contribution < -0.4 is 10.2 Å². The fourth-order valence-corrected chi connectivity index (χ4v) is 3.50. The maximum atomic E-state index is 12.7. The van der Waals surface area contributed by atoms with Crippen molar-refractivity contribution >= 4 is 39.8 Å². The first-order valence-corrected chi connectivity index (χ1v) is 10.8. The molecule has 1 heterocycles. The zero-order valence-electron chi connectivity index (χ0n) is 18.3. The van der Waals surface area contributed by atoms with Gasteiger partial charge in [-0.2, -0.15) is 0 Å². The first kappa shape index (κ1) is 21.8. The second-order valence-corrected chi connectivity index (χ2v) is 8.33. The number of anilines is 2. The Bertz CT molecular complexity index is 1250. The summed E-state index contributed by atoms with van der Waals surface area (Å²) in [4.78, 5) is 23.6. The lowest BCUT2D eigenvalue weighted by Gasteiger charge is -2.22. The minimum atomic E-state index is -0.140. The van der Waals surface area contributed by atoms with Gasteiger partial charge in [-0.25, -0.2) is 9.97 Å². The summed E-state index contributed by atoms with van der Waals surface area (Å²) in [7, 11) is 1.95. The molecule has 0 atom stereocenters. The molecule has 1 amide bonds. The average Bonchev–Trinajstić information content (AvgIpc) is 2.79. The Morgan fingerprint density at radius 1 is 1.03 bits per heavy atom. The van der Waals surface area contributed by atoms with Crippen molar-refractivity contribution in [2.45, 2.75) is 26.3 Å². The first-order chi connectivity index (χ1) is 15.4. The predicted molar refractivity (Wildman–Crippen MR) is 131 cm³/mol. The van der Waals surface area contributed by atoms with Crippen LogP contribution in [0.4, 0.5) is 11.5 Å². The van der Waals surface area contributed by atoms with Gasteiger partial charge in [0.15, 0.2) is 0 Å². The Morgan fingerprint density at radius 2 is 1.75 bits per heavy atom. The van der Waals surface area contributed by atoms with E-state index in [0.717, 1.165) is 22.0 Å². The van der Waals surface area contributed by atoms with E-state index in [1.807, 2.05) is 78.7 Å². The molecule has 161 valence electrons. The van der Waals surface area contributed by atoms with Crippen LogP contribution in [-0.4, -0.2) is 29.0 Å². The standard InChI is InChI=1S/C26H24ClN4O/c1-17(2)31(3)25-16-23(27)29-24(30-25)14-18-8-12-22(13-9-18)28-26(32)21-11-10-19-6-4-5-7-20(19)15-21/h4-13,15,17H,14H2,1-3H3,(H,28,32). The van der Waals surface area contributed by atoms with Crippen LogP contribution in [-0.2, 0) is 6.42 Å². The Morgan fingerprint density at radius 3 is 2.47 bits per heavy atom. The van der Waals surface area contributed by atoms with Gasteiger partial charge in [-0.1, -0.05) is 54.1 Å². The SMILES string of the molecule is CC(C)N(C)c1[c]c(Cl)nc(Cc2ccc(NC(=O)c3ccc4ccccc4c3)cc2)n1. The quantitative estimate of drug-likeness (QED) is 0.384. The summed E-state index contributed by atoms with van der Waals surface area (Å²) < 4.78 is 0. The van der Waals surface area contributed by atoms with Gasteiger partial charge in [0.05, 0.1) is 6.07 Å². The van der Waals surface area contributed by atoms with E-state index in [1.165, 1.54) is 0 Å². The van der Waals surface area contributed by atoms with Gasteiger partial charge in [0.2, 0.25) is 0 Å². The van der Waals surface area contributed by atoms with Gasteiger partial charge in [0, 0.05) is 30.8 Å². The van der Waals surface area contributed by atoms with E-state index in [0.29, 0.717) is 28.8 Å². The average molecular weight is 444 g/mol. The molecule has 0 saturated heterocycles. The molecule has 0 aliphatic heterocycles. The second kappa shape index (κ2) is 9.37. The molecule has 1 aromatic heterocycles. The number of nitrogens with one attached hydrogen (secondary N) is 1. The van der Waals surface area contributed by atoms with Crippen molar-refractivity contribution < 1.29 is 4.79 Å². The van der Waals surface area contributed by atoms with E-state index < -0.39 is 0 Å². The molecular formula is C26H24ClN4O. The second-order valence-electron chi connectivity index (χ2n) is 7.97. The summed E-state index contributed by atoms with van der Waals surface area (Å²) in [5.74, 6) is 1.16. The lowest BCUT2D eigenvalue weighted by Crippen LogP contribution is -2.27. The molecule has 4 rings (SSSR count). The summed E-state index contributed by atoms with van der Waals surface area (Å²) in [6.07, 6.45) is 0.534. The summed E-state index contributed by atoms with van der Waals surface area (Å²) in [6.45, 7) is 4.16. The minimum Gasteiger partial charge on any atom is -0.357 e. The monoisotopic (exact) mass is 443 g/mol. The molecule has 3 aromatic carbocycles. The molecule has 0 fully saturated rings. The Labute approximate surface area is 193 Å². The van der Waals surface area contributed by atoms with E-state index in [4.69, 9.17) is 11.6 Å². The van der Waals surface area contributed by atoms with E-state index in [1.54, 1.807) is 0 Å². The summed E-state index contributed by atoms with van der Waals surface area (Å²) in [5, 5.41) is 5.41. The molecule has 1 radical (unpaired) electrons. The molecule has 0 aliphatic rings. The molecule has 32 heavy (non-hydrogen) atoms. The molecule has 5 nitrogen and oxygen atoms in total. The predicted octanol–water partition coefficient (Wildman–Crippen LogP) is 5.77. The minimum absolute atomic E-state index is 0.140. The number of fused-ring (bicyclic) bond motifs is 1. The third kappa shape index (κ3) is 5.06. The lowest BCUT2D eigenvalue weighted by atomic mass is 10.1. The Kier molecular flexibility index (Phi) is 6.37. The van der Waals surface area contributed by atoms with Gasteiger partial charge in [-0.3, -0.25) is 4.79 Å². The fourth-order valence-electron chi connectivity index (χ4n) is 3.32. The number of benzene rings is 3. The van der Waals surface area contributed by atoms with Crippen LogP contribution in [0.1, 0.15) is 35.6 Å². The summed E-state index contributed by atoms with van der Waals surface area (Å²) in [6, 6.07) is 24.6. The van der Waals surface area contributed by atoms with Gasteiger partial charge >= 0.3 is 0 Å². The third-order valence-electron chi connectivity index (χ3n) is 5.37. The van der Waals surface area contributed by atoms with Crippen molar-refractivity contribution in [3.05, 3.63) is 94.9 Å². The number of hydrogen-bond acceptors (Lipinski definition) is 4. The molecule has 6 heteroatoms. The lowest BCUT2D eigenvalue weighted by molar-refractivity contribution is 0.102. The number of carbonyl (C=O) groups is 1. The van der Waals surface area contributed by atoms with Crippen LogP contribution in [0, 0.1) is 6.07 Å². The zero-order valence-corrected chi connectivity index (χ0v) is 19.0. The van der Waals surface area contributed by atoms with Crippen LogP contribution in [0.5, 0.6) is 0 Å². The van der Waals surface area contributed by atoms with Crippen LogP contribution in [0.2, 0.25) is 5.15 Å². The van der Waals surface area contributed by atoms with Crippen molar-refractivity contribution in [1.82, 2.24) is 9.97 Å². The van der Waals surface area contributed by atoms with Crippen LogP contribution in [0.15, 0.2) is 66.7 Å². The summed E-state index contributed by atoms with van der Waals surface area (Å²) >= 11 is 6.16. The van der Waals surface area contributed by atoms with E-state index in [-0.39, 0.29) is 11.9 Å². The fraction of sp³-hybridized carbons (Fsp3) is 0.192. The van der Waals surface area contributed by atoms with Crippen molar-refractivity contribution in [1.29, 1.82) is 0 Å². The summed E-state index contributed by atoms with van der Waals surface area (Å²) in [5.41, 5.74) is 2.37. The maximum Gasteiger partial charge on any atom is 0.255 e.